The summed E-state index contributed by atoms with van der Waals surface area (Å²) >= 11 is 0. The van der Waals surface area contributed by atoms with Crippen molar-refractivity contribution in [3.63, 3.8) is 0 Å². The average molecular weight is 420 g/mol. The molecule has 3 rings (SSSR count). The maximum Gasteiger partial charge on any atom is 0.417 e. The van der Waals surface area contributed by atoms with Crippen molar-refractivity contribution in [1.82, 2.24) is 9.55 Å². The predicted molar refractivity (Wildman–Crippen MR) is 102 cm³/mol. The lowest BCUT2D eigenvalue weighted by atomic mass is 10.0. The fourth-order valence-corrected chi connectivity index (χ4v) is 2.86. The van der Waals surface area contributed by atoms with E-state index in [0.29, 0.717) is 11.4 Å². The number of nitro benzene ring substituents is 1. The first-order valence-electron chi connectivity index (χ1n) is 8.50. The maximum absolute atomic E-state index is 13.6. The van der Waals surface area contributed by atoms with Crippen LogP contribution >= 0.6 is 0 Å². The third kappa shape index (κ3) is 4.24. The van der Waals surface area contributed by atoms with Crippen LogP contribution in [-0.2, 0) is 11.0 Å². The zero-order valence-electron chi connectivity index (χ0n) is 15.7. The van der Waals surface area contributed by atoms with Crippen LogP contribution in [0.4, 0.5) is 24.5 Å². The first-order valence-corrected chi connectivity index (χ1v) is 8.50. The van der Waals surface area contributed by atoms with Gasteiger partial charge in [0.05, 0.1) is 33.9 Å². The van der Waals surface area contributed by atoms with Gasteiger partial charge in [-0.1, -0.05) is 0 Å². The molecule has 1 aromatic heterocycles. The Balaban J connectivity index is 2.10. The van der Waals surface area contributed by atoms with Gasteiger partial charge < -0.3 is 14.6 Å². The second-order valence-corrected chi connectivity index (χ2v) is 6.17. The number of nitrogens with one attached hydrogen (secondary N) is 1. The Hall–Kier alpha value is -3.89. The van der Waals surface area contributed by atoms with Gasteiger partial charge in [-0.3, -0.25) is 14.9 Å². The number of benzene rings is 2. The largest absolute Gasteiger partial charge is 0.427 e. The van der Waals surface area contributed by atoms with E-state index in [0.717, 1.165) is 19.1 Å². The van der Waals surface area contributed by atoms with Crippen LogP contribution in [0.2, 0.25) is 0 Å². The molecule has 0 atom stereocenters. The summed E-state index contributed by atoms with van der Waals surface area (Å²) in [6.07, 6.45) is -2.14. The lowest BCUT2D eigenvalue weighted by Gasteiger charge is -2.13. The number of hydrogen-bond acceptors (Lipinski definition) is 6. The van der Waals surface area contributed by atoms with Gasteiger partial charge in [-0.15, -0.1) is 0 Å². The van der Waals surface area contributed by atoms with E-state index in [4.69, 9.17) is 4.74 Å². The molecule has 0 bridgehead atoms. The molecule has 8 nitrogen and oxygen atoms in total. The fraction of sp³-hybridized carbons (Fsp3) is 0.158. The molecule has 0 saturated heterocycles. The van der Waals surface area contributed by atoms with E-state index in [1.807, 2.05) is 0 Å². The Kier molecular flexibility index (Phi) is 5.45. The van der Waals surface area contributed by atoms with Gasteiger partial charge >= 0.3 is 12.1 Å². The summed E-state index contributed by atoms with van der Waals surface area (Å²) in [5, 5.41) is 13.9. The normalized spacial score (nSPS) is 11.2. The third-order valence-corrected chi connectivity index (χ3v) is 4.16. The Bertz CT molecular complexity index is 1130. The maximum atomic E-state index is 13.6. The van der Waals surface area contributed by atoms with Gasteiger partial charge in [0.15, 0.2) is 0 Å². The summed E-state index contributed by atoms with van der Waals surface area (Å²) in [4.78, 5) is 25.6. The van der Waals surface area contributed by atoms with Crippen molar-refractivity contribution < 1.29 is 27.6 Å². The number of hydrogen-bond donors (Lipinski definition) is 1. The minimum atomic E-state index is -4.73. The standard InChI is InChI=1S/C19H15F3N4O4/c1-11(27)30-13-4-5-14(15(8-13)19(20,21)22)17-9-25(10-24-17)18-7-12(26(28)29)3-6-16(18)23-2/h3-10,23H,1-2H3. The number of alkyl halides is 3. The number of aromatic nitrogens is 2. The molecule has 0 radical (unpaired) electrons. The van der Waals surface area contributed by atoms with Crippen LogP contribution in [0.15, 0.2) is 48.9 Å². The molecule has 156 valence electrons. The number of anilines is 1. The number of ether oxygens (including phenoxy) is 1. The average Bonchev–Trinajstić information content (AvgIpc) is 3.16. The topological polar surface area (TPSA) is 99.3 Å². The molecule has 0 unspecified atom stereocenters. The smallest absolute Gasteiger partial charge is 0.417 e. The minimum Gasteiger partial charge on any atom is -0.427 e. The molecule has 11 heteroatoms. The van der Waals surface area contributed by atoms with Gasteiger partial charge in [0.1, 0.15) is 5.75 Å². The number of carbonyl (C=O) groups excluding carboxylic acids is 1. The summed E-state index contributed by atoms with van der Waals surface area (Å²) in [7, 11) is 1.61. The second-order valence-electron chi connectivity index (χ2n) is 6.17. The number of rotatable bonds is 5. The molecule has 0 amide bonds. The van der Waals surface area contributed by atoms with Crippen LogP contribution in [0, 0.1) is 10.1 Å². The molecule has 0 aliphatic rings. The molecule has 1 N–H and O–H groups in total. The molecule has 2 aromatic carbocycles. The van der Waals surface area contributed by atoms with Gasteiger partial charge in [-0.05, 0) is 24.3 Å². The molecule has 0 aliphatic heterocycles. The highest BCUT2D eigenvalue weighted by molar-refractivity contribution is 5.72. The molecular weight excluding hydrogens is 405 g/mol. The van der Waals surface area contributed by atoms with Gasteiger partial charge in [0.25, 0.3) is 5.69 Å². The van der Waals surface area contributed by atoms with Crippen molar-refractivity contribution >= 4 is 17.3 Å². The molecule has 0 fully saturated rings. The van der Waals surface area contributed by atoms with E-state index >= 15 is 0 Å². The summed E-state index contributed by atoms with van der Waals surface area (Å²) < 4.78 is 46.9. The lowest BCUT2D eigenvalue weighted by molar-refractivity contribution is -0.384. The van der Waals surface area contributed by atoms with Gasteiger partial charge in [0, 0.05) is 37.9 Å². The summed E-state index contributed by atoms with van der Waals surface area (Å²) in [6.45, 7) is 1.08. The van der Waals surface area contributed by atoms with Crippen LogP contribution in [-0.4, -0.2) is 27.5 Å². The number of nitro groups is 1. The molecule has 30 heavy (non-hydrogen) atoms. The number of carbonyl (C=O) groups is 1. The van der Waals surface area contributed by atoms with Crippen molar-refractivity contribution in [2.45, 2.75) is 13.1 Å². The van der Waals surface area contributed by atoms with Gasteiger partial charge in [-0.25, -0.2) is 4.98 Å². The monoisotopic (exact) mass is 420 g/mol. The zero-order valence-corrected chi connectivity index (χ0v) is 15.7. The quantitative estimate of drug-likeness (QED) is 0.284. The molecular formula is C19H15F3N4O4. The van der Waals surface area contributed by atoms with Gasteiger partial charge in [0.2, 0.25) is 0 Å². The number of non-ortho nitro benzene ring substituents is 1. The van der Waals surface area contributed by atoms with E-state index < -0.39 is 22.6 Å². The number of nitrogens with zero attached hydrogens (tertiary/aromatic N) is 3. The van der Waals surface area contributed by atoms with Gasteiger partial charge in [-0.2, -0.15) is 13.2 Å². The number of esters is 1. The second kappa shape index (κ2) is 7.85. The van der Waals surface area contributed by atoms with Crippen molar-refractivity contribution in [2.75, 3.05) is 12.4 Å². The molecule has 0 spiro atoms. The molecule has 0 aliphatic carbocycles. The summed E-state index contributed by atoms with van der Waals surface area (Å²) in [6, 6.07) is 7.19. The van der Waals surface area contributed by atoms with Crippen molar-refractivity contribution in [2.24, 2.45) is 0 Å². The number of imidazole rings is 1. The third-order valence-electron chi connectivity index (χ3n) is 4.16. The highest BCUT2D eigenvalue weighted by atomic mass is 19.4. The zero-order chi connectivity index (χ0) is 22.1. The van der Waals surface area contributed by atoms with E-state index in [1.165, 1.54) is 41.4 Å². The van der Waals surface area contributed by atoms with Crippen molar-refractivity contribution in [1.29, 1.82) is 0 Å². The highest BCUT2D eigenvalue weighted by Crippen LogP contribution is 2.39. The first-order chi connectivity index (χ1) is 14.1. The van der Waals surface area contributed by atoms with Crippen LogP contribution in [0.25, 0.3) is 16.9 Å². The Morgan fingerprint density at radius 1 is 1.23 bits per heavy atom. The molecule has 0 saturated carbocycles. The van der Waals surface area contributed by atoms with Crippen LogP contribution in [0.1, 0.15) is 12.5 Å². The molecule has 1 heterocycles. The lowest BCUT2D eigenvalue weighted by Crippen LogP contribution is -2.09. The van der Waals surface area contributed by atoms with Crippen molar-refractivity contribution in [3.8, 4) is 22.7 Å². The van der Waals surface area contributed by atoms with Crippen molar-refractivity contribution in [3.05, 3.63) is 64.6 Å². The Morgan fingerprint density at radius 2 is 1.97 bits per heavy atom. The minimum absolute atomic E-state index is 0.00902. The predicted octanol–water partition coefficient (Wildman–Crippen LogP) is 4.43. The van der Waals surface area contributed by atoms with E-state index in [1.54, 1.807) is 7.05 Å². The van der Waals surface area contributed by atoms with Crippen LogP contribution < -0.4 is 10.1 Å². The highest BCUT2D eigenvalue weighted by Gasteiger charge is 2.35. The summed E-state index contributed by atoms with van der Waals surface area (Å²) in [5.74, 6) is -0.986. The van der Waals surface area contributed by atoms with Crippen LogP contribution in [0.3, 0.4) is 0 Å². The SMILES string of the molecule is CNc1ccc([N+](=O)[O-])cc1-n1cnc(-c2ccc(OC(C)=O)cc2C(F)(F)F)c1. The Labute approximate surface area is 168 Å². The Morgan fingerprint density at radius 3 is 2.57 bits per heavy atom. The number of halogens is 3. The fourth-order valence-electron chi connectivity index (χ4n) is 2.86. The van der Waals surface area contributed by atoms with E-state index in [9.17, 15) is 28.1 Å². The first kappa shape index (κ1) is 20.8. The van der Waals surface area contributed by atoms with E-state index in [-0.39, 0.29) is 22.7 Å². The molecule has 3 aromatic rings. The van der Waals surface area contributed by atoms with E-state index in [2.05, 4.69) is 10.3 Å². The van der Waals surface area contributed by atoms with Crippen LogP contribution in [0.5, 0.6) is 5.75 Å². The summed E-state index contributed by atoms with van der Waals surface area (Å²) in [5.41, 5.74) is -0.583.